The van der Waals surface area contributed by atoms with Crippen LogP contribution in [0, 0.1) is 28.6 Å². The third-order valence-electron chi connectivity index (χ3n) is 2.61. The molecule has 13 heavy (non-hydrogen) atoms. The van der Waals surface area contributed by atoms with Crippen LogP contribution in [0.2, 0.25) is 0 Å². The largest absolute Gasteiger partial charge is 0.481 e. The van der Waals surface area contributed by atoms with Gasteiger partial charge in [0.15, 0.2) is 0 Å². The van der Waals surface area contributed by atoms with E-state index in [-0.39, 0.29) is 17.3 Å². The van der Waals surface area contributed by atoms with Gasteiger partial charge in [-0.1, -0.05) is 19.9 Å². The van der Waals surface area contributed by atoms with Crippen LogP contribution in [0.3, 0.4) is 0 Å². The lowest BCUT2D eigenvalue weighted by molar-refractivity contribution is -0.139. The normalized spacial score (nSPS) is 30.8. The molecule has 1 N–H and O–H groups in total. The summed E-state index contributed by atoms with van der Waals surface area (Å²) in [4.78, 5) is 10.7. The topological polar surface area (TPSA) is 61.1 Å². The Balaban J connectivity index is 2.79. The highest BCUT2D eigenvalue weighted by atomic mass is 79.9. The Kier molecular flexibility index (Phi) is 2.49. The molecule has 1 aliphatic carbocycles. The fraction of sp³-hybridized carbons (Fsp3) is 0.556. The Morgan fingerprint density at radius 1 is 1.69 bits per heavy atom. The van der Waals surface area contributed by atoms with Crippen LogP contribution < -0.4 is 0 Å². The SMILES string of the molecule is CC1(C)C(/C=C(\Br)C#N)C1C(=O)O. The summed E-state index contributed by atoms with van der Waals surface area (Å²) in [5.41, 5.74) is -0.221. The van der Waals surface area contributed by atoms with Crippen LogP contribution in [-0.2, 0) is 4.79 Å². The number of nitrogens with zero attached hydrogens (tertiary/aromatic N) is 1. The van der Waals surface area contributed by atoms with Crippen molar-refractivity contribution < 1.29 is 9.90 Å². The van der Waals surface area contributed by atoms with Crippen LogP contribution in [0.5, 0.6) is 0 Å². The number of carbonyl (C=O) groups is 1. The van der Waals surface area contributed by atoms with E-state index in [9.17, 15) is 4.79 Å². The van der Waals surface area contributed by atoms with Crippen molar-refractivity contribution in [1.82, 2.24) is 0 Å². The highest BCUT2D eigenvalue weighted by Crippen LogP contribution is 2.59. The van der Waals surface area contributed by atoms with Gasteiger partial charge >= 0.3 is 5.97 Å². The molecule has 0 aromatic carbocycles. The minimum atomic E-state index is -0.788. The summed E-state index contributed by atoms with van der Waals surface area (Å²) in [6.07, 6.45) is 1.68. The van der Waals surface area contributed by atoms with Gasteiger partial charge in [-0.05, 0) is 27.3 Å². The highest BCUT2D eigenvalue weighted by Gasteiger charge is 2.60. The average Bonchev–Trinajstić information content (AvgIpc) is 2.53. The maximum absolute atomic E-state index is 10.7. The van der Waals surface area contributed by atoms with Crippen LogP contribution >= 0.6 is 15.9 Å². The van der Waals surface area contributed by atoms with Crippen molar-refractivity contribution >= 4 is 21.9 Å². The molecule has 0 aliphatic heterocycles. The Morgan fingerprint density at radius 2 is 2.23 bits per heavy atom. The first-order valence-corrected chi connectivity index (χ1v) is 4.70. The van der Waals surface area contributed by atoms with Crippen molar-refractivity contribution in [3.63, 3.8) is 0 Å². The lowest BCUT2D eigenvalue weighted by Gasteiger charge is -1.96. The minimum Gasteiger partial charge on any atom is -0.481 e. The van der Waals surface area contributed by atoms with Gasteiger partial charge < -0.3 is 5.11 Å². The van der Waals surface area contributed by atoms with Crippen molar-refractivity contribution in [2.24, 2.45) is 17.3 Å². The second kappa shape index (κ2) is 3.15. The van der Waals surface area contributed by atoms with Gasteiger partial charge in [0.25, 0.3) is 0 Å². The van der Waals surface area contributed by atoms with Crippen LogP contribution in [0.15, 0.2) is 10.6 Å². The fourth-order valence-corrected chi connectivity index (χ4v) is 1.94. The summed E-state index contributed by atoms with van der Waals surface area (Å²) >= 11 is 3.05. The van der Waals surface area contributed by atoms with E-state index in [0.29, 0.717) is 4.48 Å². The van der Waals surface area contributed by atoms with E-state index in [2.05, 4.69) is 15.9 Å². The quantitative estimate of drug-likeness (QED) is 0.757. The number of halogens is 1. The van der Waals surface area contributed by atoms with Crippen molar-refractivity contribution in [1.29, 1.82) is 5.26 Å². The van der Waals surface area contributed by atoms with Crippen molar-refractivity contribution in [2.45, 2.75) is 13.8 Å². The molecule has 1 fully saturated rings. The van der Waals surface area contributed by atoms with E-state index in [0.717, 1.165) is 0 Å². The minimum absolute atomic E-state index is 0.0287. The summed E-state index contributed by atoms with van der Waals surface area (Å²) in [6.45, 7) is 3.79. The molecule has 0 bridgehead atoms. The predicted octanol–water partition coefficient (Wildman–Crippen LogP) is 2.15. The van der Waals surface area contributed by atoms with E-state index < -0.39 is 5.97 Å². The van der Waals surface area contributed by atoms with Crippen molar-refractivity contribution in [3.8, 4) is 6.07 Å². The molecule has 0 aromatic rings. The molecule has 1 saturated carbocycles. The van der Waals surface area contributed by atoms with E-state index in [1.807, 2.05) is 19.9 Å². The molecule has 0 heterocycles. The maximum Gasteiger partial charge on any atom is 0.307 e. The second-order valence-electron chi connectivity index (χ2n) is 3.79. The summed E-state index contributed by atoms with van der Waals surface area (Å²) in [7, 11) is 0. The molecular weight excluding hydrogens is 234 g/mol. The summed E-state index contributed by atoms with van der Waals surface area (Å²) in [5, 5.41) is 17.3. The first-order chi connectivity index (χ1) is 5.91. The maximum atomic E-state index is 10.7. The van der Waals surface area contributed by atoms with Crippen molar-refractivity contribution in [3.05, 3.63) is 10.6 Å². The van der Waals surface area contributed by atoms with Gasteiger partial charge in [-0.3, -0.25) is 4.79 Å². The number of carboxylic acid groups (broad SMARTS) is 1. The van der Waals surface area contributed by atoms with E-state index >= 15 is 0 Å². The van der Waals surface area contributed by atoms with Gasteiger partial charge in [-0.25, -0.2) is 0 Å². The highest BCUT2D eigenvalue weighted by molar-refractivity contribution is 9.12. The first-order valence-electron chi connectivity index (χ1n) is 3.91. The fourth-order valence-electron chi connectivity index (χ4n) is 1.66. The lowest BCUT2D eigenvalue weighted by atomic mass is 10.1. The van der Waals surface area contributed by atoms with E-state index in [1.54, 1.807) is 6.08 Å². The number of allylic oxidation sites excluding steroid dienone is 2. The van der Waals surface area contributed by atoms with E-state index in [4.69, 9.17) is 10.4 Å². The second-order valence-corrected chi connectivity index (χ2v) is 4.64. The standard InChI is InChI=1S/C9H10BrNO2/c1-9(2)6(3-5(10)4-11)7(9)8(12)13/h3,6-7H,1-2H3,(H,12,13)/b5-3-. The van der Waals surface area contributed by atoms with Crippen LogP contribution in [0.4, 0.5) is 0 Å². The zero-order valence-electron chi connectivity index (χ0n) is 7.41. The third kappa shape index (κ3) is 1.75. The number of nitriles is 1. The van der Waals surface area contributed by atoms with Crippen LogP contribution in [0.25, 0.3) is 0 Å². The molecular formula is C9H10BrNO2. The summed E-state index contributed by atoms with van der Waals surface area (Å²) in [5.74, 6) is -1.17. The molecule has 70 valence electrons. The van der Waals surface area contributed by atoms with E-state index in [1.165, 1.54) is 0 Å². The van der Waals surface area contributed by atoms with Gasteiger partial charge in [0.05, 0.1) is 10.4 Å². The molecule has 0 amide bonds. The first kappa shape index (κ1) is 10.3. The molecule has 0 radical (unpaired) electrons. The molecule has 0 saturated heterocycles. The van der Waals surface area contributed by atoms with Crippen LogP contribution in [0.1, 0.15) is 13.8 Å². The zero-order chi connectivity index (χ0) is 10.2. The molecule has 2 atom stereocenters. The van der Waals surface area contributed by atoms with Crippen LogP contribution in [-0.4, -0.2) is 11.1 Å². The monoisotopic (exact) mass is 243 g/mol. The molecule has 2 unspecified atom stereocenters. The molecule has 0 aromatic heterocycles. The van der Waals surface area contributed by atoms with Gasteiger partial charge in [-0.2, -0.15) is 5.26 Å². The molecule has 1 rings (SSSR count). The summed E-state index contributed by atoms with van der Waals surface area (Å²) < 4.78 is 0.411. The predicted molar refractivity (Wildman–Crippen MR) is 51.0 cm³/mol. The molecule has 4 heteroatoms. The smallest absolute Gasteiger partial charge is 0.307 e. The number of carboxylic acids is 1. The van der Waals surface area contributed by atoms with Gasteiger partial charge in [0.1, 0.15) is 6.07 Å². The average molecular weight is 244 g/mol. The van der Waals surface area contributed by atoms with Crippen molar-refractivity contribution in [2.75, 3.05) is 0 Å². The Labute approximate surface area is 85.2 Å². The number of rotatable bonds is 2. The zero-order valence-corrected chi connectivity index (χ0v) is 9.00. The molecule has 0 spiro atoms. The number of aliphatic carboxylic acids is 1. The van der Waals surface area contributed by atoms with Gasteiger partial charge in [0.2, 0.25) is 0 Å². The third-order valence-corrected chi connectivity index (χ3v) is 3.05. The van der Waals surface area contributed by atoms with Gasteiger partial charge in [0, 0.05) is 0 Å². The molecule has 1 aliphatic rings. The Hall–Kier alpha value is -0.820. The number of hydrogen-bond acceptors (Lipinski definition) is 2. The Morgan fingerprint density at radius 3 is 2.54 bits per heavy atom. The Bertz CT molecular complexity index is 314. The summed E-state index contributed by atoms with van der Waals surface area (Å²) in [6, 6.07) is 1.92. The molecule has 3 nitrogen and oxygen atoms in total. The lowest BCUT2D eigenvalue weighted by Crippen LogP contribution is -2.02. The number of hydrogen-bond donors (Lipinski definition) is 1. The van der Waals surface area contributed by atoms with Gasteiger partial charge in [-0.15, -0.1) is 0 Å².